The maximum absolute atomic E-state index is 12.9. The van der Waals surface area contributed by atoms with E-state index in [0.717, 1.165) is 16.0 Å². The van der Waals surface area contributed by atoms with Crippen LogP contribution in [0.25, 0.3) is 0 Å². The molecule has 1 heterocycles. The van der Waals surface area contributed by atoms with Crippen LogP contribution < -0.4 is 5.32 Å². The highest BCUT2D eigenvalue weighted by molar-refractivity contribution is 6.30. The van der Waals surface area contributed by atoms with Crippen LogP contribution in [0.5, 0.6) is 0 Å². The number of carbonyl (C=O) groups is 3. The summed E-state index contributed by atoms with van der Waals surface area (Å²) in [7, 11) is 0. The molecule has 3 rings (SSSR count). The van der Waals surface area contributed by atoms with Gasteiger partial charge in [-0.3, -0.25) is 14.5 Å². The summed E-state index contributed by atoms with van der Waals surface area (Å²) in [5, 5.41) is 3.23. The van der Waals surface area contributed by atoms with E-state index in [9.17, 15) is 14.4 Å². The number of nitrogens with zero attached hydrogens (tertiary/aromatic N) is 1. The van der Waals surface area contributed by atoms with Crippen molar-refractivity contribution in [3.8, 4) is 0 Å². The molecule has 1 aliphatic heterocycles. The van der Waals surface area contributed by atoms with Crippen molar-refractivity contribution in [3.63, 3.8) is 0 Å². The third kappa shape index (κ3) is 3.10. The number of aryl methyl sites for hydroxylation is 2. The van der Waals surface area contributed by atoms with Crippen molar-refractivity contribution in [1.29, 1.82) is 0 Å². The van der Waals surface area contributed by atoms with E-state index in [-0.39, 0.29) is 12.3 Å². The van der Waals surface area contributed by atoms with Gasteiger partial charge in [0.2, 0.25) is 0 Å². The summed E-state index contributed by atoms with van der Waals surface area (Å²) in [5.41, 5.74) is 1.77. The fraction of sp³-hybridized carbons (Fsp3) is 0.250. The highest BCUT2D eigenvalue weighted by Gasteiger charge is 2.49. The van der Waals surface area contributed by atoms with Gasteiger partial charge in [0.15, 0.2) is 5.78 Å². The molecule has 0 saturated carbocycles. The Morgan fingerprint density at radius 1 is 1.12 bits per heavy atom. The van der Waals surface area contributed by atoms with Crippen molar-refractivity contribution in [2.45, 2.75) is 26.3 Å². The zero-order valence-electron chi connectivity index (χ0n) is 14.8. The van der Waals surface area contributed by atoms with Crippen molar-refractivity contribution in [2.75, 3.05) is 6.54 Å². The van der Waals surface area contributed by atoms with E-state index >= 15 is 0 Å². The lowest BCUT2D eigenvalue weighted by molar-refractivity contribution is -0.130. The summed E-state index contributed by atoms with van der Waals surface area (Å²) >= 11 is 5.89. The SMILES string of the molecule is Cc1ccc(C(=O)CN2C(=O)N[C@](C)(c3ccc(Cl)cc3)C2=O)c(C)c1. The Hall–Kier alpha value is -2.66. The first kappa shape index (κ1) is 18.1. The monoisotopic (exact) mass is 370 g/mol. The fourth-order valence-electron chi connectivity index (χ4n) is 3.17. The van der Waals surface area contributed by atoms with Gasteiger partial charge in [0.1, 0.15) is 5.54 Å². The lowest BCUT2D eigenvalue weighted by Crippen LogP contribution is -2.41. The van der Waals surface area contributed by atoms with Gasteiger partial charge in [0, 0.05) is 10.6 Å². The van der Waals surface area contributed by atoms with Crippen molar-refractivity contribution in [1.82, 2.24) is 10.2 Å². The van der Waals surface area contributed by atoms with Crippen LogP contribution in [0.15, 0.2) is 42.5 Å². The smallest absolute Gasteiger partial charge is 0.319 e. The van der Waals surface area contributed by atoms with Gasteiger partial charge in [-0.25, -0.2) is 4.79 Å². The quantitative estimate of drug-likeness (QED) is 0.660. The molecule has 5 nitrogen and oxygen atoms in total. The molecule has 0 unspecified atom stereocenters. The van der Waals surface area contributed by atoms with Crippen molar-refractivity contribution in [3.05, 3.63) is 69.7 Å². The Labute approximate surface area is 156 Å². The summed E-state index contributed by atoms with van der Waals surface area (Å²) in [5.74, 6) is -0.728. The Morgan fingerprint density at radius 3 is 2.38 bits per heavy atom. The van der Waals surface area contributed by atoms with Crippen LogP contribution in [0.2, 0.25) is 5.02 Å². The molecule has 1 saturated heterocycles. The molecule has 0 aromatic heterocycles. The maximum atomic E-state index is 12.9. The third-order valence-electron chi connectivity index (χ3n) is 4.68. The number of imide groups is 1. The van der Waals surface area contributed by atoms with Crippen LogP contribution >= 0.6 is 11.6 Å². The minimum absolute atomic E-state index is 0.272. The molecular weight excluding hydrogens is 352 g/mol. The van der Waals surface area contributed by atoms with E-state index in [1.165, 1.54) is 0 Å². The van der Waals surface area contributed by atoms with Crippen molar-refractivity contribution >= 4 is 29.3 Å². The Balaban J connectivity index is 1.85. The lowest BCUT2D eigenvalue weighted by Gasteiger charge is -2.22. The predicted molar refractivity (Wildman–Crippen MR) is 99.3 cm³/mol. The fourth-order valence-corrected chi connectivity index (χ4v) is 3.30. The third-order valence-corrected chi connectivity index (χ3v) is 4.93. The summed E-state index contributed by atoms with van der Waals surface area (Å²) in [4.78, 5) is 38.8. The Kier molecular flexibility index (Phi) is 4.59. The summed E-state index contributed by atoms with van der Waals surface area (Å²) in [6.07, 6.45) is 0. The number of benzene rings is 2. The minimum atomic E-state index is -1.22. The predicted octanol–water partition coefficient (Wildman–Crippen LogP) is 3.61. The average molecular weight is 371 g/mol. The van der Waals surface area contributed by atoms with Crippen LogP contribution in [0.3, 0.4) is 0 Å². The molecule has 1 N–H and O–H groups in total. The van der Waals surface area contributed by atoms with E-state index in [4.69, 9.17) is 11.6 Å². The second-order valence-electron chi connectivity index (χ2n) is 6.69. The van der Waals surface area contributed by atoms with Gasteiger partial charge < -0.3 is 5.32 Å². The van der Waals surface area contributed by atoms with E-state index in [0.29, 0.717) is 16.1 Å². The number of ketones is 1. The summed E-state index contributed by atoms with van der Waals surface area (Å²) in [6.45, 7) is 5.11. The number of hydrogen-bond acceptors (Lipinski definition) is 3. The maximum Gasteiger partial charge on any atom is 0.325 e. The second kappa shape index (κ2) is 6.57. The van der Waals surface area contributed by atoms with E-state index in [1.54, 1.807) is 37.3 Å². The summed E-state index contributed by atoms with van der Waals surface area (Å²) < 4.78 is 0. The molecular formula is C20H19ClN2O3. The zero-order valence-corrected chi connectivity index (χ0v) is 15.6. The molecule has 1 aliphatic rings. The molecule has 0 radical (unpaired) electrons. The topological polar surface area (TPSA) is 66.5 Å². The van der Waals surface area contributed by atoms with Crippen LogP contribution in [-0.2, 0) is 10.3 Å². The van der Waals surface area contributed by atoms with Gasteiger partial charge >= 0.3 is 6.03 Å². The van der Waals surface area contributed by atoms with Crippen LogP contribution in [0.1, 0.15) is 34.0 Å². The van der Waals surface area contributed by atoms with Crippen molar-refractivity contribution in [2.24, 2.45) is 0 Å². The average Bonchev–Trinajstić information content (AvgIpc) is 2.79. The van der Waals surface area contributed by atoms with Crippen LogP contribution in [-0.4, -0.2) is 29.2 Å². The van der Waals surface area contributed by atoms with Crippen molar-refractivity contribution < 1.29 is 14.4 Å². The standard InChI is InChI=1S/C20H19ClN2O3/c1-12-4-9-16(13(2)10-12)17(24)11-23-18(25)20(3,22-19(23)26)14-5-7-15(21)8-6-14/h4-10H,11H2,1-3H3,(H,22,26)/t20-/m1/s1. The first-order chi connectivity index (χ1) is 12.2. The highest BCUT2D eigenvalue weighted by Crippen LogP contribution is 2.30. The number of halogens is 1. The molecule has 2 aromatic carbocycles. The van der Waals surface area contributed by atoms with E-state index in [1.807, 2.05) is 26.0 Å². The van der Waals surface area contributed by atoms with Crippen LogP contribution in [0.4, 0.5) is 4.79 Å². The van der Waals surface area contributed by atoms with Gasteiger partial charge in [-0.05, 0) is 44.0 Å². The number of hydrogen-bond donors (Lipinski definition) is 1. The molecule has 0 spiro atoms. The zero-order chi connectivity index (χ0) is 19.1. The minimum Gasteiger partial charge on any atom is -0.319 e. The number of Topliss-reactive ketones (excluding diaryl/α,β-unsaturated/α-hetero) is 1. The molecule has 1 atom stereocenters. The number of carbonyl (C=O) groups excluding carboxylic acids is 3. The van der Waals surface area contributed by atoms with Crippen LogP contribution in [0, 0.1) is 13.8 Å². The van der Waals surface area contributed by atoms with Gasteiger partial charge in [-0.15, -0.1) is 0 Å². The molecule has 6 heteroatoms. The molecule has 2 aromatic rings. The van der Waals surface area contributed by atoms with Gasteiger partial charge in [0.05, 0.1) is 6.54 Å². The molecule has 3 amide bonds. The van der Waals surface area contributed by atoms with Gasteiger partial charge in [0.25, 0.3) is 5.91 Å². The normalized spacial score (nSPS) is 19.6. The molecule has 1 fully saturated rings. The Bertz CT molecular complexity index is 908. The molecule has 26 heavy (non-hydrogen) atoms. The van der Waals surface area contributed by atoms with Gasteiger partial charge in [-0.1, -0.05) is 47.5 Å². The highest BCUT2D eigenvalue weighted by atomic mass is 35.5. The number of urea groups is 1. The Morgan fingerprint density at radius 2 is 1.77 bits per heavy atom. The number of amides is 3. The largest absolute Gasteiger partial charge is 0.325 e. The number of nitrogens with one attached hydrogen (secondary N) is 1. The first-order valence-corrected chi connectivity index (χ1v) is 8.61. The molecule has 0 aliphatic carbocycles. The second-order valence-corrected chi connectivity index (χ2v) is 7.13. The van der Waals surface area contributed by atoms with Gasteiger partial charge in [-0.2, -0.15) is 0 Å². The lowest BCUT2D eigenvalue weighted by atomic mass is 9.92. The van der Waals surface area contributed by atoms with E-state index < -0.39 is 17.5 Å². The summed E-state index contributed by atoms with van der Waals surface area (Å²) in [6, 6.07) is 11.6. The number of rotatable bonds is 4. The first-order valence-electron chi connectivity index (χ1n) is 8.23. The molecule has 0 bridgehead atoms. The molecule has 134 valence electrons. The van der Waals surface area contributed by atoms with E-state index in [2.05, 4.69) is 5.32 Å².